The highest BCUT2D eigenvalue weighted by Gasteiger charge is 2.55. The molecule has 4 rings (SSSR count). The second-order valence-corrected chi connectivity index (χ2v) is 34.0. The van der Waals surface area contributed by atoms with Gasteiger partial charge in [-0.2, -0.15) is 0 Å². The Bertz CT molecular complexity index is 4060. The Morgan fingerprint density at radius 2 is 0.606 bits per heavy atom. The van der Waals surface area contributed by atoms with Crippen LogP contribution in [0.3, 0.4) is 0 Å². The minimum atomic E-state index is -1.34. The van der Waals surface area contributed by atoms with E-state index >= 15 is 0 Å². The van der Waals surface area contributed by atoms with Gasteiger partial charge in [0.15, 0.2) is 55.5 Å². The van der Waals surface area contributed by atoms with Gasteiger partial charge in [-0.3, -0.25) is 105 Å². The number of carbonyl (C=O) groups is 23. The average Bonchev–Trinajstić information content (AvgIpc) is 0.978. The van der Waals surface area contributed by atoms with Crippen LogP contribution < -0.4 is 53.2 Å². The first-order chi connectivity index (χ1) is 67.4. The molecule has 4 heterocycles. The molecule has 16 atom stereocenters. The van der Waals surface area contributed by atoms with Gasteiger partial charge in [-0.05, 0) is 96.3 Å². The van der Waals surface area contributed by atoms with E-state index in [4.69, 9.17) is 75.9 Å². The van der Waals surface area contributed by atoms with E-state index < -0.39 is 237 Å². The number of rotatable bonds is 66. The Hall–Kier alpha value is -12.2. The zero-order valence-electron chi connectivity index (χ0n) is 82.8. The van der Waals surface area contributed by atoms with Gasteiger partial charge in [-0.15, -0.1) is 5.06 Å². The Labute approximate surface area is 822 Å². The predicted octanol–water partition coefficient (Wildman–Crippen LogP) is -1.02. The molecule has 0 aromatic rings. The number of hydroxylamine groups is 2. The van der Waals surface area contributed by atoms with Crippen molar-refractivity contribution in [1.29, 1.82) is 0 Å². The summed E-state index contributed by atoms with van der Waals surface area (Å²) in [5.74, 6) is -14.2. The first-order valence-corrected chi connectivity index (χ1v) is 47.7. The molecule has 0 bridgehead atoms. The zero-order chi connectivity index (χ0) is 105. The molecule has 0 saturated carbocycles. The van der Waals surface area contributed by atoms with Gasteiger partial charge in [-0.25, -0.2) is 4.79 Å². The van der Waals surface area contributed by atoms with Crippen molar-refractivity contribution < 1.29 is 186 Å². The topological polar surface area (TPSA) is 667 Å². The summed E-state index contributed by atoms with van der Waals surface area (Å²) in [6.07, 6.45) is -11.7. The number of unbranched alkanes of at least 4 members (excludes halogenated alkanes) is 8. The number of hydrogen-bond donors (Lipinski definition) is 10. The molecule has 0 aromatic carbocycles. The van der Waals surface area contributed by atoms with E-state index in [2.05, 4.69) is 53.2 Å². The number of hydrogen-bond acceptors (Lipinski definition) is 39. The fourth-order valence-corrected chi connectivity index (χ4v) is 15.1. The monoisotopic (exact) mass is 2030 g/mol. The summed E-state index contributed by atoms with van der Waals surface area (Å²) < 4.78 is 84.2. The largest absolute Gasteiger partial charge is 0.463 e. The second kappa shape index (κ2) is 67.3. The third kappa shape index (κ3) is 50.4. The molecule has 142 heavy (non-hydrogen) atoms. The van der Waals surface area contributed by atoms with Crippen LogP contribution in [0, 0.1) is 0 Å². The fourth-order valence-electron chi connectivity index (χ4n) is 15.1. The van der Waals surface area contributed by atoms with Crippen LogP contribution in [0.15, 0.2) is 0 Å². The first kappa shape index (κ1) is 122. The van der Waals surface area contributed by atoms with Crippen LogP contribution >= 0.6 is 0 Å². The van der Waals surface area contributed by atoms with Crippen LogP contribution in [0.4, 0.5) is 0 Å². The van der Waals surface area contributed by atoms with Crippen LogP contribution in [-0.4, -0.2) is 336 Å². The normalized spacial score (nSPS) is 21.4. The summed E-state index contributed by atoms with van der Waals surface area (Å²) >= 11 is 0. The lowest BCUT2D eigenvalue weighted by Crippen LogP contribution is -2.66. The molecule has 15 unspecified atom stereocenters. The molecule has 0 radical (unpaired) electrons. The highest BCUT2D eigenvalue weighted by Crippen LogP contribution is 2.32. The van der Waals surface area contributed by atoms with Gasteiger partial charge in [0.05, 0.1) is 0 Å². The van der Waals surface area contributed by atoms with E-state index in [0.717, 1.165) is 62.3 Å². The maximum atomic E-state index is 14.4. The van der Waals surface area contributed by atoms with E-state index in [-0.39, 0.29) is 186 Å². The molecule has 4 aliphatic rings. The van der Waals surface area contributed by atoms with Crippen molar-refractivity contribution in [2.75, 3.05) is 92.0 Å². The molecule has 0 spiro atoms. The van der Waals surface area contributed by atoms with Crippen LogP contribution in [0.1, 0.15) is 250 Å². The SMILES string of the molecule is CC(=O)NC1C(OCCCCC(=O)NCCCCC(=O)NCCN(CCNC(=O)CCCCNC(=O)CCCCOC2OC(COC(C)=O)C(OC(C)=O)C(OC(C)=O)C2NC(C)=O)C(=O)CC[C@H](NC(=O)CCCCNC(=O)CCCCOC2OC(COC(C)=O)C(OC(C)=O)C(OC(C)=O)C2NC(C)=O)C(=O)NCCCCCC(=O)ON2C(=O)CCC2=O)OC(COC(C)=O)C(OC(C)=O)C1OC(C)=O. The maximum Gasteiger partial charge on any atom is 0.333 e. The molecule has 10 N–H and O–H groups in total. The summed E-state index contributed by atoms with van der Waals surface area (Å²) in [6, 6.07) is -4.88. The molecule has 4 aliphatic heterocycles. The van der Waals surface area contributed by atoms with Crippen LogP contribution in [-0.2, 0) is 186 Å². The molecule has 51 heteroatoms. The summed E-state index contributed by atoms with van der Waals surface area (Å²) in [4.78, 5) is 296. The molecule has 51 nitrogen and oxygen atoms in total. The maximum absolute atomic E-state index is 14.4. The highest BCUT2D eigenvalue weighted by molar-refractivity contribution is 6.01. The van der Waals surface area contributed by atoms with Crippen molar-refractivity contribution in [1.82, 2.24) is 63.1 Å². The van der Waals surface area contributed by atoms with E-state index in [9.17, 15) is 110 Å². The number of amides is 13. The molecular formula is C91H142N12O39. The van der Waals surface area contributed by atoms with Crippen molar-refractivity contribution in [2.45, 2.75) is 348 Å². The standard InChI is InChI=1S/C91H142N12O39/c1-53(104)98-79-85(136-62(10)113)82(133-59(7)110)66(50-130-56(4)107)139-89(79)127-47-25-18-30-69(116)92-39-22-15-28-72(119)95-43-45-102(46-44-96-73(120)29-16-23-40-93-70(117)31-19-26-48-128-90-80(99-54(2)105)86(137-63(11)114)83(134-60(8)111)67(140-90)51-131-57(5)108)75(122)36-35-65(88(126)97-42-21-13-14-34-78(125)142-103-76(123)37-38-77(103)124)101-74(121)33-17-24-41-94-71(118)32-20-27-49-129-91-81(100-55(3)106)87(138-64(12)115)84(135-61(9)112)68(141-91)52-132-58(6)109/h65-68,79-87,89-91H,13-52H2,1-12H3,(H,92,116)(H,93,117)(H,94,118)(H,95,119)(H,96,120)(H,97,126)(H,98,104)(H,99,105)(H,100,106)(H,101,121)/t65-,66?,67?,68?,79?,80?,81?,82?,83?,84?,85?,86?,87?,89?,90?,91?/m0/s1. The third-order valence-corrected chi connectivity index (χ3v) is 21.5. The Kier molecular flexibility index (Phi) is 57.8. The second-order valence-electron chi connectivity index (χ2n) is 34.0. The molecule has 0 aromatic heterocycles. The molecule has 4 fully saturated rings. The number of imide groups is 1. The lowest BCUT2D eigenvalue weighted by molar-refractivity contribution is -0.277. The van der Waals surface area contributed by atoms with E-state index in [0.29, 0.717) is 75.7 Å². The number of nitrogens with zero attached hydrogens (tertiary/aromatic N) is 2. The van der Waals surface area contributed by atoms with Gasteiger partial charge < -0.3 is 134 Å². The molecule has 4 saturated heterocycles. The zero-order valence-corrected chi connectivity index (χ0v) is 82.8. The summed E-state index contributed by atoms with van der Waals surface area (Å²) in [7, 11) is 0. The van der Waals surface area contributed by atoms with Crippen molar-refractivity contribution in [2.24, 2.45) is 0 Å². The highest BCUT2D eigenvalue weighted by atomic mass is 16.7. The quantitative estimate of drug-likeness (QED) is 0.0151. The number of nitrogens with one attached hydrogen (secondary N) is 10. The molecule has 13 amide bonds. The van der Waals surface area contributed by atoms with Crippen LogP contribution in [0.2, 0.25) is 0 Å². The molecule has 800 valence electrons. The minimum absolute atomic E-state index is 0.00816. The predicted molar refractivity (Wildman–Crippen MR) is 484 cm³/mol. The third-order valence-electron chi connectivity index (χ3n) is 21.5. The van der Waals surface area contributed by atoms with Gasteiger partial charge in [0.2, 0.25) is 65.0 Å². The van der Waals surface area contributed by atoms with Crippen LogP contribution in [0.5, 0.6) is 0 Å². The average molecular weight is 2030 g/mol. The van der Waals surface area contributed by atoms with Gasteiger partial charge in [0.1, 0.15) is 62.3 Å². The van der Waals surface area contributed by atoms with E-state index in [1.54, 1.807) is 0 Å². The number of esters is 9. The van der Waals surface area contributed by atoms with Gasteiger partial charge >= 0.3 is 59.7 Å². The molecular weight excluding hydrogens is 1890 g/mol. The smallest absolute Gasteiger partial charge is 0.333 e. The van der Waals surface area contributed by atoms with Gasteiger partial charge in [-0.1, -0.05) is 6.42 Å². The Balaban J connectivity index is 1.38. The Morgan fingerprint density at radius 3 is 0.915 bits per heavy atom. The molecule has 0 aliphatic carbocycles. The minimum Gasteiger partial charge on any atom is -0.463 e. The number of carbonyl (C=O) groups excluding carboxylic acids is 23. The van der Waals surface area contributed by atoms with Crippen molar-refractivity contribution in [3.05, 3.63) is 0 Å². The number of ether oxygens (including phenoxy) is 15. The van der Waals surface area contributed by atoms with E-state index in [1.807, 2.05) is 0 Å². The first-order valence-electron chi connectivity index (χ1n) is 47.7. The lowest BCUT2D eigenvalue weighted by atomic mass is 9.96. The van der Waals surface area contributed by atoms with Crippen LogP contribution in [0.25, 0.3) is 0 Å². The summed E-state index contributed by atoms with van der Waals surface area (Å²) in [6.45, 7) is 12.5. The fraction of sp³-hybridized carbons (Fsp3) is 0.747. The lowest BCUT2D eigenvalue weighted by Gasteiger charge is -2.44. The van der Waals surface area contributed by atoms with Gasteiger partial charge in [0, 0.05) is 219 Å². The van der Waals surface area contributed by atoms with Crippen molar-refractivity contribution in [3.8, 4) is 0 Å². The Morgan fingerprint density at radius 1 is 0.324 bits per heavy atom. The van der Waals surface area contributed by atoms with E-state index in [1.165, 1.54) is 25.7 Å². The summed E-state index contributed by atoms with van der Waals surface area (Å²) in [5.41, 5.74) is 0. The van der Waals surface area contributed by atoms with Crippen molar-refractivity contribution >= 4 is 136 Å². The van der Waals surface area contributed by atoms with Crippen molar-refractivity contribution in [3.63, 3.8) is 0 Å². The summed E-state index contributed by atoms with van der Waals surface area (Å²) in [5, 5.41) is 27.7. The van der Waals surface area contributed by atoms with Gasteiger partial charge in [0.25, 0.3) is 11.8 Å².